The first-order valence-electron chi connectivity index (χ1n) is 14.6. The molecule has 3 nitrogen and oxygen atoms in total. The highest BCUT2D eigenvalue weighted by molar-refractivity contribution is 6.20. The Bertz CT molecular complexity index is 2450. The molecule has 3 heteroatoms. The third-order valence-corrected chi connectivity index (χ3v) is 8.55. The average molecular weight is 551 g/mol. The van der Waals surface area contributed by atoms with Crippen LogP contribution in [0, 0.1) is 0 Å². The lowest BCUT2D eigenvalue weighted by Crippen LogP contribution is -2.10. The standard InChI is InChI=1S/C40H26N2O/c1-3-12-28(13-4-1)41(30-24-22-27-23-25-38-39(33(27)26-30)32-17-8-10-21-37(32)43-38)35-19-11-20-36-40(35)31-16-7-9-18-34(31)42(36)29-14-5-2-6-15-29/h1-26H. The van der Waals surface area contributed by atoms with Gasteiger partial charge in [0.15, 0.2) is 0 Å². The lowest BCUT2D eigenvalue weighted by Gasteiger charge is -2.27. The Kier molecular flexibility index (Phi) is 5.20. The number of rotatable bonds is 4. The molecule has 0 saturated heterocycles. The second-order valence-corrected chi connectivity index (χ2v) is 11.0. The Morgan fingerprint density at radius 1 is 0.442 bits per heavy atom. The second kappa shape index (κ2) is 9.37. The van der Waals surface area contributed by atoms with Gasteiger partial charge in [0.2, 0.25) is 0 Å². The molecule has 0 radical (unpaired) electrons. The zero-order valence-corrected chi connectivity index (χ0v) is 23.3. The van der Waals surface area contributed by atoms with E-state index in [1.165, 1.54) is 32.6 Å². The first kappa shape index (κ1) is 23.9. The molecule has 0 aliphatic heterocycles. The molecule has 0 unspecified atom stereocenters. The fourth-order valence-corrected chi connectivity index (χ4v) is 6.72. The van der Waals surface area contributed by atoms with E-state index in [1.54, 1.807) is 0 Å². The van der Waals surface area contributed by atoms with Crippen molar-refractivity contribution in [2.24, 2.45) is 0 Å². The van der Waals surface area contributed by atoms with Gasteiger partial charge in [-0.3, -0.25) is 0 Å². The first-order chi connectivity index (χ1) is 21.3. The van der Waals surface area contributed by atoms with Gasteiger partial charge in [0, 0.05) is 38.6 Å². The van der Waals surface area contributed by atoms with Crippen molar-refractivity contribution in [3.8, 4) is 5.69 Å². The lowest BCUT2D eigenvalue weighted by atomic mass is 10.0. The molecule has 7 aromatic carbocycles. The molecule has 0 aliphatic rings. The van der Waals surface area contributed by atoms with E-state index in [-0.39, 0.29) is 0 Å². The van der Waals surface area contributed by atoms with E-state index in [0.717, 1.165) is 44.7 Å². The number of fused-ring (bicyclic) bond motifs is 8. The zero-order chi connectivity index (χ0) is 28.3. The lowest BCUT2D eigenvalue weighted by molar-refractivity contribution is 0.669. The number of hydrogen-bond donors (Lipinski definition) is 0. The van der Waals surface area contributed by atoms with E-state index in [1.807, 2.05) is 12.1 Å². The molecule has 202 valence electrons. The van der Waals surface area contributed by atoms with Gasteiger partial charge in [0.25, 0.3) is 0 Å². The van der Waals surface area contributed by atoms with Crippen molar-refractivity contribution in [1.82, 2.24) is 4.57 Å². The summed E-state index contributed by atoms with van der Waals surface area (Å²) in [5, 5.41) is 7.11. The summed E-state index contributed by atoms with van der Waals surface area (Å²) in [6.45, 7) is 0. The minimum absolute atomic E-state index is 0.908. The number of anilines is 3. The van der Waals surface area contributed by atoms with Crippen LogP contribution in [0.4, 0.5) is 17.1 Å². The molecule has 9 aromatic rings. The minimum atomic E-state index is 0.908. The van der Waals surface area contributed by atoms with Crippen LogP contribution < -0.4 is 4.90 Å². The summed E-state index contributed by atoms with van der Waals surface area (Å²) in [6.07, 6.45) is 0. The van der Waals surface area contributed by atoms with Gasteiger partial charge < -0.3 is 13.9 Å². The van der Waals surface area contributed by atoms with Gasteiger partial charge in [-0.1, -0.05) is 91.0 Å². The maximum Gasteiger partial charge on any atom is 0.136 e. The predicted molar refractivity (Wildman–Crippen MR) is 180 cm³/mol. The van der Waals surface area contributed by atoms with Crippen molar-refractivity contribution in [1.29, 1.82) is 0 Å². The molecule has 0 amide bonds. The summed E-state index contributed by atoms with van der Waals surface area (Å²) in [5.74, 6) is 0. The summed E-state index contributed by atoms with van der Waals surface area (Å²) in [6, 6.07) is 56.0. The summed E-state index contributed by atoms with van der Waals surface area (Å²) >= 11 is 0. The molecule has 0 N–H and O–H groups in total. The van der Waals surface area contributed by atoms with E-state index in [4.69, 9.17) is 4.42 Å². The SMILES string of the molecule is c1ccc(N(c2ccc3ccc4oc5ccccc5c4c3c2)c2cccc3c2c2ccccc2n3-c2ccccc2)cc1. The fourth-order valence-electron chi connectivity index (χ4n) is 6.72. The molecule has 0 spiro atoms. The fraction of sp³-hybridized carbons (Fsp3) is 0. The van der Waals surface area contributed by atoms with Gasteiger partial charge >= 0.3 is 0 Å². The molecule has 0 aliphatic carbocycles. The molecule has 0 bridgehead atoms. The van der Waals surface area contributed by atoms with Crippen LogP contribution in [0.5, 0.6) is 0 Å². The van der Waals surface area contributed by atoms with E-state index in [0.29, 0.717) is 0 Å². The number of hydrogen-bond acceptors (Lipinski definition) is 2. The largest absolute Gasteiger partial charge is 0.456 e. The predicted octanol–water partition coefficient (Wildman–Crippen LogP) is 11.3. The van der Waals surface area contributed by atoms with E-state index >= 15 is 0 Å². The minimum Gasteiger partial charge on any atom is -0.456 e. The third-order valence-electron chi connectivity index (χ3n) is 8.55. The first-order valence-corrected chi connectivity index (χ1v) is 14.6. The quantitative estimate of drug-likeness (QED) is 0.217. The normalized spacial score (nSPS) is 11.7. The Morgan fingerprint density at radius 2 is 1.14 bits per heavy atom. The number of aromatic nitrogens is 1. The van der Waals surface area contributed by atoms with Crippen LogP contribution in [0.25, 0.3) is 60.2 Å². The molecular weight excluding hydrogens is 524 g/mol. The number of nitrogens with zero attached hydrogens (tertiary/aromatic N) is 2. The molecule has 2 heterocycles. The van der Waals surface area contributed by atoms with E-state index < -0.39 is 0 Å². The highest BCUT2D eigenvalue weighted by Crippen LogP contribution is 2.45. The monoisotopic (exact) mass is 550 g/mol. The van der Waals surface area contributed by atoms with E-state index in [9.17, 15) is 0 Å². The number of benzene rings is 7. The van der Waals surface area contributed by atoms with Crippen molar-refractivity contribution in [3.05, 3.63) is 158 Å². The summed E-state index contributed by atoms with van der Waals surface area (Å²) < 4.78 is 8.64. The number of furan rings is 1. The summed E-state index contributed by atoms with van der Waals surface area (Å²) in [4.78, 5) is 2.39. The van der Waals surface area contributed by atoms with Crippen molar-refractivity contribution >= 4 is 71.6 Å². The van der Waals surface area contributed by atoms with Gasteiger partial charge in [0.1, 0.15) is 11.2 Å². The van der Waals surface area contributed by atoms with Crippen LogP contribution in [-0.4, -0.2) is 4.57 Å². The number of para-hydroxylation sites is 4. The van der Waals surface area contributed by atoms with Crippen LogP contribution in [0.15, 0.2) is 162 Å². The van der Waals surface area contributed by atoms with Crippen molar-refractivity contribution in [2.45, 2.75) is 0 Å². The maximum atomic E-state index is 6.26. The van der Waals surface area contributed by atoms with Crippen molar-refractivity contribution < 1.29 is 4.42 Å². The van der Waals surface area contributed by atoms with E-state index in [2.05, 4.69) is 155 Å². The van der Waals surface area contributed by atoms with Crippen molar-refractivity contribution in [2.75, 3.05) is 4.90 Å². The average Bonchev–Trinajstić information content (AvgIpc) is 3.62. The topological polar surface area (TPSA) is 21.3 Å². The molecule has 0 atom stereocenters. The van der Waals surface area contributed by atoms with Gasteiger partial charge in [0.05, 0.1) is 16.7 Å². The Morgan fingerprint density at radius 3 is 2.00 bits per heavy atom. The van der Waals surface area contributed by atoms with Gasteiger partial charge in [-0.05, 0) is 77.5 Å². The molecule has 0 saturated carbocycles. The maximum absolute atomic E-state index is 6.26. The Hall–Kier alpha value is -5.80. The highest BCUT2D eigenvalue weighted by atomic mass is 16.3. The highest BCUT2D eigenvalue weighted by Gasteiger charge is 2.21. The molecule has 43 heavy (non-hydrogen) atoms. The molecular formula is C40H26N2O. The van der Waals surface area contributed by atoms with Gasteiger partial charge in [-0.25, -0.2) is 0 Å². The third kappa shape index (κ3) is 3.62. The Balaban J connectivity index is 1.37. The van der Waals surface area contributed by atoms with Crippen LogP contribution >= 0.6 is 0 Å². The van der Waals surface area contributed by atoms with Crippen LogP contribution in [0.2, 0.25) is 0 Å². The summed E-state index contributed by atoms with van der Waals surface area (Å²) in [5.41, 5.74) is 8.67. The smallest absolute Gasteiger partial charge is 0.136 e. The zero-order valence-electron chi connectivity index (χ0n) is 23.3. The van der Waals surface area contributed by atoms with Crippen LogP contribution in [-0.2, 0) is 0 Å². The van der Waals surface area contributed by atoms with Crippen LogP contribution in [0.3, 0.4) is 0 Å². The van der Waals surface area contributed by atoms with Gasteiger partial charge in [-0.2, -0.15) is 0 Å². The molecule has 0 fully saturated rings. The second-order valence-electron chi connectivity index (χ2n) is 11.0. The summed E-state index contributed by atoms with van der Waals surface area (Å²) in [7, 11) is 0. The Labute approximate surface area is 248 Å². The van der Waals surface area contributed by atoms with Crippen LogP contribution in [0.1, 0.15) is 0 Å². The molecule has 9 rings (SSSR count). The van der Waals surface area contributed by atoms with Crippen molar-refractivity contribution in [3.63, 3.8) is 0 Å². The van der Waals surface area contributed by atoms with Gasteiger partial charge in [-0.15, -0.1) is 0 Å². The molecule has 2 aromatic heterocycles.